The number of carbonyl (C=O) groups is 1. The van der Waals surface area contributed by atoms with Gasteiger partial charge in [0.2, 0.25) is 0 Å². The zero-order valence-electron chi connectivity index (χ0n) is 16.8. The molecule has 0 aliphatic carbocycles. The highest BCUT2D eigenvalue weighted by Crippen LogP contribution is 2.15. The van der Waals surface area contributed by atoms with E-state index in [1.807, 2.05) is 11.8 Å². The number of nitrogens with one attached hydrogen (secondary N) is 2. The smallest absolute Gasteiger partial charge is 0.407 e. The number of rotatable bonds is 6. The molecule has 0 bridgehead atoms. The molecule has 1 fully saturated rings. The van der Waals surface area contributed by atoms with Gasteiger partial charge in [-0.25, -0.2) is 4.79 Å². The molecule has 1 rings (SSSR count). The molecule has 1 saturated heterocycles. The van der Waals surface area contributed by atoms with E-state index in [-0.39, 0.29) is 19.1 Å². The number of guanidine groups is 1. The third kappa shape index (κ3) is 10.3. The Balaban J connectivity index is 2.52. The highest BCUT2D eigenvalue weighted by molar-refractivity contribution is 5.80. The van der Waals surface area contributed by atoms with Crippen molar-refractivity contribution in [2.45, 2.75) is 51.9 Å². The first kappa shape index (κ1) is 23.3. The van der Waals surface area contributed by atoms with Gasteiger partial charge in [0.1, 0.15) is 5.60 Å². The van der Waals surface area contributed by atoms with Gasteiger partial charge in [-0.1, -0.05) is 0 Å². The molecular formula is C17H32F3N5O2. The minimum atomic E-state index is -4.21. The Hall–Kier alpha value is -1.71. The molecule has 10 heteroatoms. The largest absolute Gasteiger partial charge is 0.444 e. The molecule has 0 aromatic heterocycles. The van der Waals surface area contributed by atoms with Crippen molar-refractivity contribution in [3.8, 4) is 0 Å². The Kier molecular flexibility index (Phi) is 8.64. The lowest BCUT2D eigenvalue weighted by Crippen LogP contribution is -2.44. The molecule has 1 aliphatic heterocycles. The Morgan fingerprint density at radius 3 is 2.56 bits per heavy atom. The second-order valence-electron chi connectivity index (χ2n) is 7.67. The number of hydrogen-bond donors (Lipinski definition) is 2. The SMILES string of the molecule is CCNC(=NCCN(C)CC(F)(F)F)N1CCC(NC(=O)OC(C)(C)C)C1. The Morgan fingerprint density at radius 2 is 2.00 bits per heavy atom. The number of alkyl carbamates (subject to hydrolysis) is 1. The Morgan fingerprint density at radius 1 is 1.33 bits per heavy atom. The average Bonchev–Trinajstić information content (AvgIpc) is 2.90. The summed E-state index contributed by atoms with van der Waals surface area (Å²) in [6, 6.07) is -0.0587. The first-order chi connectivity index (χ1) is 12.4. The first-order valence-corrected chi connectivity index (χ1v) is 9.17. The molecule has 0 radical (unpaired) electrons. The van der Waals surface area contributed by atoms with Crippen molar-refractivity contribution in [3.05, 3.63) is 0 Å². The van der Waals surface area contributed by atoms with Gasteiger partial charge in [0.25, 0.3) is 0 Å². The van der Waals surface area contributed by atoms with Crippen LogP contribution in [0.1, 0.15) is 34.1 Å². The fourth-order valence-electron chi connectivity index (χ4n) is 2.68. The fraction of sp³-hybridized carbons (Fsp3) is 0.882. The van der Waals surface area contributed by atoms with Gasteiger partial charge >= 0.3 is 12.3 Å². The number of halogens is 3. The van der Waals surface area contributed by atoms with E-state index in [0.717, 1.165) is 6.42 Å². The molecule has 7 nitrogen and oxygen atoms in total. The molecule has 27 heavy (non-hydrogen) atoms. The van der Waals surface area contributed by atoms with Crippen molar-refractivity contribution >= 4 is 12.1 Å². The molecule has 1 aliphatic rings. The van der Waals surface area contributed by atoms with Crippen LogP contribution in [0.15, 0.2) is 4.99 Å². The molecule has 0 saturated carbocycles. The Bertz CT molecular complexity index is 506. The van der Waals surface area contributed by atoms with Gasteiger partial charge in [0, 0.05) is 26.2 Å². The number of carbonyl (C=O) groups excluding carboxylic acids is 1. The summed E-state index contributed by atoms with van der Waals surface area (Å²) in [4.78, 5) is 19.5. The van der Waals surface area contributed by atoms with Gasteiger partial charge in [0.05, 0.1) is 19.1 Å². The summed E-state index contributed by atoms with van der Waals surface area (Å²) < 4.78 is 42.4. The van der Waals surface area contributed by atoms with E-state index in [1.54, 1.807) is 20.8 Å². The monoisotopic (exact) mass is 395 g/mol. The number of likely N-dealkylation sites (tertiary alicyclic amines) is 1. The van der Waals surface area contributed by atoms with Crippen molar-refractivity contribution in [1.82, 2.24) is 20.4 Å². The van der Waals surface area contributed by atoms with Gasteiger partial charge in [-0.15, -0.1) is 0 Å². The van der Waals surface area contributed by atoms with Crippen molar-refractivity contribution in [2.24, 2.45) is 4.99 Å². The molecule has 0 aromatic carbocycles. The summed E-state index contributed by atoms with van der Waals surface area (Å²) in [5, 5.41) is 5.99. The van der Waals surface area contributed by atoms with Crippen LogP contribution in [0.4, 0.5) is 18.0 Å². The lowest BCUT2D eigenvalue weighted by Gasteiger charge is -2.24. The molecule has 1 heterocycles. The highest BCUT2D eigenvalue weighted by Gasteiger charge is 2.29. The standard InChI is InChI=1S/C17H32F3N5O2/c1-6-21-14(22-8-10-24(5)12-17(18,19)20)25-9-7-13(11-25)23-15(26)27-16(2,3)4/h13H,6-12H2,1-5H3,(H,21,22)(H,23,26). The van der Waals surface area contributed by atoms with Crippen molar-refractivity contribution < 1.29 is 22.7 Å². The maximum atomic E-state index is 12.4. The molecule has 158 valence electrons. The quantitative estimate of drug-likeness (QED) is 0.532. The minimum Gasteiger partial charge on any atom is -0.444 e. The minimum absolute atomic E-state index is 0.0587. The fourth-order valence-corrected chi connectivity index (χ4v) is 2.68. The topological polar surface area (TPSA) is 69.2 Å². The van der Waals surface area contributed by atoms with E-state index in [2.05, 4.69) is 15.6 Å². The van der Waals surface area contributed by atoms with E-state index in [4.69, 9.17) is 4.74 Å². The van der Waals surface area contributed by atoms with Crippen molar-refractivity contribution in [1.29, 1.82) is 0 Å². The number of hydrogen-bond acceptors (Lipinski definition) is 4. The van der Waals surface area contributed by atoms with Crippen molar-refractivity contribution in [2.75, 3.05) is 46.3 Å². The maximum Gasteiger partial charge on any atom is 0.407 e. The third-order valence-corrected chi connectivity index (χ3v) is 3.74. The predicted octanol–water partition coefficient (Wildman–Crippen LogP) is 2.04. The van der Waals surface area contributed by atoms with E-state index in [0.29, 0.717) is 25.6 Å². The number of ether oxygens (including phenoxy) is 1. The number of nitrogens with zero attached hydrogens (tertiary/aromatic N) is 3. The van der Waals surface area contributed by atoms with Crippen LogP contribution in [0, 0.1) is 0 Å². The molecule has 1 amide bonds. The summed E-state index contributed by atoms with van der Waals surface area (Å²) in [5.41, 5.74) is -0.554. The molecule has 1 atom stereocenters. The highest BCUT2D eigenvalue weighted by atomic mass is 19.4. The van der Waals surface area contributed by atoms with Crippen LogP contribution in [-0.2, 0) is 4.74 Å². The summed E-state index contributed by atoms with van der Waals surface area (Å²) in [5.74, 6) is 0.645. The molecule has 0 aromatic rings. The molecular weight excluding hydrogens is 363 g/mol. The summed E-state index contributed by atoms with van der Waals surface area (Å²) in [6.45, 7) is 8.78. The van der Waals surface area contributed by atoms with Crippen LogP contribution in [0.2, 0.25) is 0 Å². The summed E-state index contributed by atoms with van der Waals surface area (Å²) >= 11 is 0. The zero-order valence-corrected chi connectivity index (χ0v) is 16.8. The van der Waals surface area contributed by atoms with Crippen LogP contribution in [-0.4, -0.2) is 86.0 Å². The van der Waals surface area contributed by atoms with Crippen LogP contribution >= 0.6 is 0 Å². The van der Waals surface area contributed by atoms with E-state index >= 15 is 0 Å². The number of amides is 1. The van der Waals surface area contributed by atoms with Gasteiger partial charge in [-0.3, -0.25) is 9.89 Å². The van der Waals surface area contributed by atoms with Crippen molar-refractivity contribution in [3.63, 3.8) is 0 Å². The van der Waals surface area contributed by atoms with E-state index in [9.17, 15) is 18.0 Å². The normalized spacial score (nSPS) is 18.8. The second kappa shape index (κ2) is 10.0. The lowest BCUT2D eigenvalue weighted by molar-refractivity contribution is -0.142. The third-order valence-electron chi connectivity index (χ3n) is 3.74. The summed E-state index contributed by atoms with van der Waals surface area (Å²) in [7, 11) is 1.42. The van der Waals surface area contributed by atoms with Gasteiger partial charge < -0.3 is 20.3 Å². The summed E-state index contributed by atoms with van der Waals surface area (Å²) in [6.07, 6.45) is -3.92. The second-order valence-corrected chi connectivity index (χ2v) is 7.67. The van der Waals surface area contributed by atoms with Gasteiger partial charge in [0.15, 0.2) is 5.96 Å². The number of aliphatic imine (C=N–C) groups is 1. The molecule has 0 spiro atoms. The van der Waals surface area contributed by atoms with E-state index in [1.165, 1.54) is 11.9 Å². The average molecular weight is 395 g/mol. The Labute approximate surface area is 159 Å². The van der Waals surface area contributed by atoms with E-state index < -0.39 is 24.4 Å². The predicted molar refractivity (Wildman–Crippen MR) is 98.9 cm³/mol. The lowest BCUT2D eigenvalue weighted by atomic mass is 10.2. The number of likely N-dealkylation sites (N-methyl/N-ethyl adjacent to an activating group) is 1. The zero-order chi connectivity index (χ0) is 20.7. The van der Waals surface area contributed by atoms with Crippen LogP contribution in [0.3, 0.4) is 0 Å². The number of alkyl halides is 3. The van der Waals surface area contributed by atoms with Crippen LogP contribution < -0.4 is 10.6 Å². The molecule has 1 unspecified atom stereocenters. The van der Waals surface area contributed by atoms with Crippen LogP contribution in [0.25, 0.3) is 0 Å². The molecule has 2 N–H and O–H groups in total. The van der Waals surface area contributed by atoms with Gasteiger partial charge in [-0.05, 0) is 41.2 Å². The maximum absolute atomic E-state index is 12.4. The van der Waals surface area contributed by atoms with Gasteiger partial charge in [-0.2, -0.15) is 13.2 Å². The van der Waals surface area contributed by atoms with Crippen LogP contribution in [0.5, 0.6) is 0 Å². The first-order valence-electron chi connectivity index (χ1n) is 9.17.